The fourth-order valence-electron chi connectivity index (χ4n) is 4.29. The summed E-state index contributed by atoms with van der Waals surface area (Å²) in [5.41, 5.74) is 0.849. The molecule has 3 unspecified atom stereocenters. The number of nitrogens with zero attached hydrogens (tertiary/aromatic N) is 2. The molecule has 1 saturated carbocycles. The van der Waals surface area contributed by atoms with E-state index in [0.29, 0.717) is 24.2 Å². The molecular formula is C19H20FN3O2. The number of hydrogen-bond donors (Lipinski definition) is 1. The maximum Gasteiger partial charge on any atom is 0.270 e. The Morgan fingerprint density at radius 3 is 2.92 bits per heavy atom. The number of likely N-dealkylation sites (tertiary alicyclic amines) is 1. The molecule has 0 spiro atoms. The molecule has 2 fully saturated rings. The van der Waals surface area contributed by atoms with Crippen molar-refractivity contribution in [2.24, 2.45) is 11.8 Å². The number of halogens is 1. The lowest BCUT2D eigenvalue weighted by atomic mass is 9.88. The van der Waals surface area contributed by atoms with Crippen LogP contribution in [0, 0.1) is 17.7 Å². The molecule has 6 heteroatoms. The van der Waals surface area contributed by atoms with E-state index in [1.807, 2.05) is 0 Å². The zero-order valence-corrected chi connectivity index (χ0v) is 13.8. The van der Waals surface area contributed by atoms with Gasteiger partial charge < -0.3 is 4.98 Å². The Morgan fingerprint density at radius 1 is 1.28 bits per heavy atom. The van der Waals surface area contributed by atoms with E-state index in [4.69, 9.17) is 0 Å². The van der Waals surface area contributed by atoms with Crippen molar-refractivity contribution in [1.82, 2.24) is 14.9 Å². The molecular weight excluding hydrogens is 321 g/mol. The second kappa shape index (κ2) is 6.52. The number of aromatic amines is 1. The standard InChI is InChI=1S/C19H20FN3O2/c20-16-4-2-1-3-14(16)15-9-12-10-23(8-5-13(12)18(15)24)11-17-19(25)22-7-6-21-17/h1-4,6-7,12-13,15H,5,8-11H2,(H,22,25). The maximum atomic E-state index is 14.1. The van der Waals surface area contributed by atoms with Crippen LogP contribution in [0.25, 0.3) is 0 Å². The van der Waals surface area contributed by atoms with Crippen LogP contribution < -0.4 is 5.56 Å². The van der Waals surface area contributed by atoms with Crippen LogP contribution in [0.4, 0.5) is 4.39 Å². The van der Waals surface area contributed by atoms with Gasteiger partial charge in [-0.15, -0.1) is 0 Å². The van der Waals surface area contributed by atoms with Gasteiger partial charge in [0, 0.05) is 37.3 Å². The molecule has 5 nitrogen and oxygen atoms in total. The van der Waals surface area contributed by atoms with Gasteiger partial charge in [0.1, 0.15) is 17.3 Å². The molecule has 1 aliphatic heterocycles. The van der Waals surface area contributed by atoms with Crippen molar-refractivity contribution in [3.05, 3.63) is 64.1 Å². The first-order valence-corrected chi connectivity index (χ1v) is 8.66. The van der Waals surface area contributed by atoms with Gasteiger partial charge in [0.2, 0.25) is 0 Å². The average Bonchev–Trinajstić information content (AvgIpc) is 2.93. The number of aromatic nitrogens is 2. The van der Waals surface area contributed by atoms with Gasteiger partial charge >= 0.3 is 0 Å². The number of Topliss-reactive ketones (excluding diaryl/α,β-unsaturated/α-hetero) is 1. The molecule has 2 aliphatic rings. The number of ketones is 1. The summed E-state index contributed by atoms with van der Waals surface area (Å²) in [5.74, 6) is -0.243. The van der Waals surface area contributed by atoms with Crippen molar-refractivity contribution in [3.63, 3.8) is 0 Å². The Bertz CT molecular complexity index is 850. The SMILES string of the molecule is O=C1C(c2ccccc2F)CC2CN(Cc3ncc[nH]c3=O)CCC12. The van der Waals surface area contributed by atoms with Crippen molar-refractivity contribution < 1.29 is 9.18 Å². The second-order valence-corrected chi connectivity index (χ2v) is 6.97. The van der Waals surface area contributed by atoms with E-state index < -0.39 is 0 Å². The quantitative estimate of drug-likeness (QED) is 0.928. The number of rotatable bonds is 3. The Balaban J connectivity index is 1.49. The van der Waals surface area contributed by atoms with Gasteiger partial charge in [0.05, 0.1) is 0 Å². The van der Waals surface area contributed by atoms with E-state index in [0.717, 1.165) is 19.5 Å². The fourth-order valence-corrected chi connectivity index (χ4v) is 4.29. The fraction of sp³-hybridized carbons (Fsp3) is 0.421. The van der Waals surface area contributed by atoms with Crippen LogP contribution in [-0.4, -0.2) is 33.7 Å². The molecule has 0 bridgehead atoms. The molecule has 1 aromatic heterocycles. The normalized spacial score (nSPS) is 26.6. The molecule has 3 atom stereocenters. The molecule has 2 aromatic rings. The van der Waals surface area contributed by atoms with Crippen molar-refractivity contribution >= 4 is 5.78 Å². The van der Waals surface area contributed by atoms with Crippen LogP contribution in [0.15, 0.2) is 41.5 Å². The summed E-state index contributed by atoms with van der Waals surface area (Å²) in [5, 5.41) is 0. The molecule has 1 aliphatic carbocycles. The summed E-state index contributed by atoms with van der Waals surface area (Å²) >= 11 is 0. The highest BCUT2D eigenvalue weighted by Gasteiger charge is 2.45. The van der Waals surface area contributed by atoms with Crippen LogP contribution in [0.1, 0.15) is 30.0 Å². The highest BCUT2D eigenvalue weighted by molar-refractivity contribution is 5.90. The lowest BCUT2D eigenvalue weighted by Gasteiger charge is -2.33. The van der Waals surface area contributed by atoms with E-state index in [-0.39, 0.29) is 34.9 Å². The number of H-pyrrole nitrogens is 1. The highest BCUT2D eigenvalue weighted by Crippen LogP contribution is 2.44. The number of carbonyl (C=O) groups is 1. The van der Waals surface area contributed by atoms with E-state index >= 15 is 0 Å². The Morgan fingerprint density at radius 2 is 2.12 bits per heavy atom. The number of benzene rings is 1. The van der Waals surface area contributed by atoms with Gasteiger partial charge in [-0.05, 0) is 36.9 Å². The van der Waals surface area contributed by atoms with Crippen LogP contribution in [0.5, 0.6) is 0 Å². The number of carbonyl (C=O) groups excluding carboxylic acids is 1. The van der Waals surface area contributed by atoms with Crippen LogP contribution in [0.3, 0.4) is 0 Å². The highest BCUT2D eigenvalue weighted by atomic mass is 19.1. The zero-order chi connectivity index (χ0) is 17.4. The monoisotopic (exact) mass is 341 g/mol. The first kappa shape index (κ1) is 16.1. The largest absolute Gasteiger partial charge is 0.326 e. The number of piperidine rings is 1. The second-order valence-electron chi connectivity index (χ2n) is 6.97. The predicted octanol–water partition coefficient (Wildman–Crippen LogP) is 2.10. The van der Waals surface area contributed by atoms with E-state index in [1.165, 1.54) is 12.3 Å². The Kier molecular flexibility index (Phi) is 4.21. The molecule has 1 saturated heterocycles. The summed E-state index contributed by atoms with van der Waals surface area (Å²) in [4.78, 5) is 33.5. The van der Waals surface area contributed by atoms with Gasteiger partial charge in [-0.3, -0.25) is 19.5 Å². The van der Waals surface area contributed by atoms with Crippen LogP contribution in [-0.2, 0) is 11.3 Å². The third-order valence-electron chi connectivity index (χ3n) is 5.50. The van der Waals surface area contributed by atoms with Gasteiger partial charge in [-0.1, -0.05) is 18.2 Å². The van der Waals surface area contributed by atoms with Crippen molar-refractivity contribution in [1.29, 1.82) is 0 Å². The molecule has 1 N–H and O–H groups in total. The van der Waals surface area contributed by atoms with Gasteiger partial charge in [0.15, 0.2) is 0 Å². The molecule has 130 valence electrons. The van der Waals surface area contributed by atoms with Gasteiger partial charge in [0.25, 0.3) is 5.56 Å². The van der Waals surface area contributed by atoms with Crippen molar-refractivity contribution in [2.45, 2.75) is 25.3 Å². The lowest BCUT2D eigenvalue weighted by Crippen LogP contribution is -2.40. The third kappa shape index (κ3) is 3.02. The summed E-state index contributed by atoms with van der Waals surface area (Å²) in [6, 6.07) is 6.58. The maximum absolute atomic E-state index is 14.1. The minimum atomic E-state index is -0.339. The molecule has 0 radical (unpaired) electrons. The topological polar surface area (TPSA) is 66.1 Å². The smallest absolute Gasteiger partial charge is 0.270 e. The summed E-state index contributed by atoms with van der Waals surface area (Å²) in [6.45, 7) is 1.99. The molecule has 1 aromatic carbocycles. The predicted molar refractivity (Wildman–Crippen MR) is 90.5 cm³/mol. The first-order valence-electron chi connectivity index (χ1n) is 8.66. The third-order valence-corrected chi connectivity index (χ3v) is 5.50. The Labute approximate surface area is 144 Å². The van der Waals surface area contributed by atoms with Crippen LogP contribution >= 0.6 is 0 Å². The van der Waals surface area contributed by atoms with Gasteiger partial charge in [-0.25, -0.2) is 4.39 Å². The zero-order valence-electron chi connectivity index (χ0n) is 13.8. The van der Waals surface area contributed by atoms with Gasteiger partial charge in [-0.2, -0.15) is 0 Å². The van der Waals surface area contributed by atoms with Crippen LogP contribution in [0.2, 0.25) is 0 Å². The lowest BCUT2D eigenvalue weighted by molar-refractivity contribution is -0.123. The first-order chi connectivity index (χ1) is 12.1. The average molecular weight is 341 g/mol. The number of nitrogens with one attached hydrogen (secondary N) is 1. The minimum absolute atomic E-state index is 0.00266. The minimum Gasteiger partial charge on any atom is -0.326 e. The molecule has 2 heterocycles. The van der Waals surface area contributed by atoms with E-state index in [9.17, 15) is 14.0 Å². The number of hydrogen-bond acceptors (Lipinski definition) is 4. The Hall–Kier alpha value is -2.34. The van der Waals surface area contributed by atoms with E-state index in [2.05, 4.69) is 14.9 Å². The summed E-state index contributed by atoms with van der Waals surface area (Å²) < 4.78 is 14.1. The molecule has 0 amide bonds. The summed E-state index contributed by atoms with van der Waals surface area (Å²) in [6.07, 6.45) is 4.54. The summed E-state index contributed by atoms with van der Waals surface area (Å²) in [7, 11) is 0. The van der Waals surface area contributed by atoms with Crippen molar-refractivity contribution in [3.8, 4) is 0 Å². The number of fused-ring (bicyclic) bond motifs is 1. The van der Waals surface area contributed by atoms with E-state index in [1.54, 1.807) is 24.4 Å². The molecule has 25 heavy (non-hydrogen) atoms. The van der Waals surface area contributed by atoms with Crippen molar-refractivity contribution in [2.75, 3.05) is 13.1 Å². The molecule has 4 rings (SSSR count).